The zero-order valence-electron chi connectivity index (χ0n) is 11.1. The van der Waals surface area contributed by atoms with Crippen LogP contribution in [0.3, 0.4) is 0 Å². The SMILES string of the molecule is CN(Cc1ccsc1)Cc1ccc(F)cc1C(N)=NO. The summed E-state index contributed by atoms with van der Waals surface area (Å²) in [4.78, 5) is 2.09. The van der Waals surface area contributed by atoms with E-state index in [1.54, 1.807) is 17.4 Å². The monoisotopic (exact) mass is 293 g/mol. The van der Waals surface area contributed by atoms with Gasteiger partial charge in [-0.1, -0.05) is 11.2 Å². The van der Waals surface area contributed by atoms with Gasteiger partial charge in [0.15, 0.2) is 5.84 Å². The Labute approximate surface area is 120 Å². The molecule has 106 valence electrons. The molecule has 0 atom stereocenters. The van der Waals surface area contributed by atoms with Crippen LogP contribution < -0.4 is 5.73 Å². The van der Waals surface area contributed by atoms with Crippen LogP contribution in [0.1, 0.15) is 16.7 Å². The molecule has 3 N–H and O–H groups in total. The first kappa shape index (κ1) is 14.5. The summed E-state index contributed by atoms with van der Waals surface area (Å²) < 4.78 is 13.3. The molecular formula is C14H16FN3OS. The predicted molar refractivity (Wildman–Crippen MR) is 78.4 cm³/mol. The molecule has 0 aliphatic rings. The molecule has 1 heterocycles. The van der Waals surface area contributed by atoms with Gasteiger partial charge in [-0.15, -0.1) is 0 Å². The average molecular weight is 293 g/mol. The van der Waals surface area contributed by atoms with E-state index in [0.29, 0.717) is 12.1 Å². The summed E-state index contributed by atoms with van der Waals surface area (Å²) in [7, 11) is 1.97. The Bertz CT molecular complexity index is 598. The van der Waals surface area contributed by atoms with Crippen LogP contribution in [0.4, 0.5) is 4.39 Å². The molecule has 1 aromatic heterocycles. The second-order valence-corrected chi connectivity index (χ2v) is 5.37. The molecule has 4 nitrogen and oxygen atoms in total. The molecule has 2 rings (SSSR count). The zero-order valence-corrected chi connectivity index (χ0v) is 11.9. The van der Waals surface area contributed by atoms with Gasteiger partial charge in [-0.25, -0.2) is 4.39 Å². The molecule has 0 aliphatic carbocycles. The first-order valence-corrected chi connectivity index (χ1v) is 7.00. The van der Waals surface area contributed by atoms with Crippen LogP contribution in [0, 0.1) is 5.82 Å². The highest BCUT2D eigenvalue weighted by Gasteiger charge is 2.11. The van der Waals surface area contributed by atoms with Crippen LogP contribution >= 0.6 is 11.3 Å². The van der Waals surface area contributed by atoms with E-state index < -0.39 is 5.82 Å². The number of thiophene rings is 1. The van der Waals surface area contributed by atoms with Crippen LogP contribution in [0.25, 0.3) is 0 Å². The maximum absolute atomic E-state index is 13.3. The van der Waals surface area contributed by atoms with Crippen LogP contribution in [0.2, 0.25) is 0 Å². The zero-order chi connectivity index (χ0) is 14.5. The fourth-order valence-corrected chi connectivity index (χ4v) is 2.68. The van der Waals surface area contributed by atoms with E-state index >= 15 is 0 Å². The lowest BCUT2D eigenvalue weighted by Crippen LogP contribution is -2.21. The molecule has 1 aromatic carbocycles. The lowest BCUT2D eigenvalue weighted by Gasteiger charge is -2.18. The van der Waals surface area contributed by atoms with Gasteiger partial charge in [-0.05, 0) is 47.1 Å². The van der Waals surface area contributed by atoms with Gasteiger partial charge >= 0.3 is 0 Å². The number of hydrogen-bond acceptors (Lipinski definition) is 4. The van der Waals surface area contributed by atoms with Gasteiger partial charge in [0.1, 0.15) is 5.82 Å². The number of nitrogens with zero attached hydrogens (tertiary/aromatic N) is 2. The minimum absolute atomic E-state index is 0.0802. The fourth-order valence-electron chi connectivity index (χ4n) is 2.02. The summed E-state index contributed by atoms with van der Waals surface area (Å²) in [6, 6.07) is 6.38. The smallest absolute Gasteiger partial charge is 0.170 e. The molecule has 0 unspecified atom stereocenters. The van der Waals surface area contributed by atoms with E-state index in [0.717, 1.165) is 12.1 Å². The Morgan fingerprint density at radius 2 is 2.20 bits per heavy atom. The van der Waals surface area contributed by atoms with Crippen molar-refractivity contribution in [2.24, 2.45) is 10.9 Å². The highest BCUT2D eigenvalue weighted by molar-refractivity contribution is 7.07. The normalized spacial score (nSPS) is 12.1. The number of benzene rings is 1. The Morgan fingerprint density at radius 1 is 1.40 bits per heavy atom. The number of nitrogens with two attached hydrogens (primary N) is 1. The van der Waals surface area contributed by atoms with E-state index in [4.69, 9.17) is 10.9 Å². The first-order valence-electron chi connectivity index (χ1n) is 6.06. The maximum Gasteiger partial charge on any atom is 0.170 e. The maximum atomic E-state index is 13.3. The van der Waals surface area contributed by atoms with E-state index in [1.807, 2.05) is 12.4 Å². The Hall–Kier alpha value is -1.92. The lowest BCUT2D eigenvalue weighted by molar-refractivity contribution is 0.315. The minimum Gasteiger partial charge on any atom is -0.409 e. The molecule has 0 aliphatic heterocycles. The molecule has 0 fully saturated rings. The number of halogens is 1. The molecule has 6 heteroatoms. The first-order chi connectivity index (χ1) is 9.60. The van der Waals surface area contributed by atoms with Gasteiger partial charge in [0, 0.05) is 18.7 Å². The Morgan fingerprint density at radius 3 is 2.85 bits per heavy atom. The third-order valence-electron chi connectivity index (χ3n) is 2.93. The van der Waals surface area contributed by atoms with Crippen molar-refractivity contribution < 1.29 is 9.60 Å². The topological polar surface area (TPSA) is 61.8 Å². The molecule has 0 amide bonds. The van der Waals surface area contributed by atoms with Crippen molar-refractivity contribution in [1.82, 2.24) is 4.90 Å². The summed E-state index contributed by atoms with van der Waals surface area (Å²) in [6.07, 6.45) is 0. The van der Waals surface area contributed by atoms with Crippen molar-refractivity contribution in [3.63, 3.8) is 0 Å². The van der Waals surface area contributed by atoms with Crippen molar-refractivity contribution >= 4 is 17.2 Å². The number of rotatable bonds is 5. The van der Waals surface area contributed by atoms with E-state index in [9.17, 15) is 4.39 Å². The van der Waals surface area contributed by atoms with Gasteiger partial charge in [0.2, 0.25) is 0 Å². The molecule has 0 saturated heterocycles. The van der Waals surface area contributed by atoms with Crippen LogP contribution in [-0.4, -0.2) is 23.0 Å². The second-order valence-electron chi connectivity index (χ2n) is 4.59. The van der Waals surface area contributed by atoms with Gasteiger partial charge < -0.3 is 10.9 Å². The summed E-state index contributed by atoms with van der Waals surface area (Å²) >= 11 is 1.65. The van der Waals surface area contributed by atoms with E-state index in [-0.39, 0.29) is 5.84 Å². The molecule has 0 radical (unpaired) electrons. The summed E-state index contributed by atoms with van der Waals surface area (Å²) in [5.74, 6) is -0.487. The summed E-state index contributed by atoms with van der Waals surface area (Å²) in [6.45, 7) is 1.37. The number of oxime groups is 1. The van der Waals surface area contributed by atoms with Crippen LogP contribution in [0.15, 0.2) is 40.2 Å². The fraction of sp³-hybridized carbons (Fsp3) is 0.214. The van der Waals surface area contributed by atoms with E-state index in [2.05, 4.69) is 21.5 Å². The Balaban J connectivity index is 2.16. The third kappa shape index (κ3) is 3.55. The molecule has 0 saturated carbocycles. The molecule has 0 spiro atoms. The van der Waals surface area contributed by atoms with Crippen molar-refractivity contribution in [1.29, 1.82) is 0 Å². The highest BCUT2D eigenvalue weighted by atomic mass is 32.1. The highest BCUT2D eigenvalue weighted by Crippen LogP contribution is 2.15. The summed E-state index contributed by atoms with van der Waals surface area (Å²) in [5.41, 5.74) is 8.06. The number of hydrogen-bond donors (Lipinski definition) is 2. The van der Waals surface area contributed by atoms with Gasteiger partial charge in [-0.3, -0.25) is 4.90 Å². The van der Waals surface area contributed by atoms with Crippen molar-refractivity contribution in [2.75, 3.05) is 7.05 Å². The standard InChI is InChI=1S/C14H16FN3OS/c1-18(7-10-4-5-20-9-10)8-11-2-3-12(15)6-13(11)14(16)17-19/h2-6,9,19H,7-8H2,1H3,(H2,16,17). The molecule has 0 bridgehead atoms. The molecular weight excluding hydrogens is 277 g/mol. The third-order valence-corrected chi connectivity index (χ3v) is 3.66. The predicted octanol–water partition coefficient (Wildman–Crippen LogP) is 2.61. The molecule has 2 aromatic rings. The van der Waals surface area contributed by atoms with Gasteiger partial charge in [0.25, 0.3) is 0 Å². The number of amidine groups is 1. The quantitative estimate of drug-likeness (QED) is 0.385. The Kier molecular flexibility index (Phi) is 4.70. The van der Waals surface area contributed by atoms with Gasteiger partial charge in [0.05, 0.1) is 0 Å². The summed E-state index contributed by atoms with van der Waals surface area (Å²) in [5, 5.41) is 15.8. The second kappa shape index (κ2) is 6.49. The van der Waals surface area contributed by atoms with Crippen molar-refractivity contribution in [3.8, 4) is 0 Å². The van der Waals surface area contributed by atoms with Crippen LogP contribution in [-0.2, 0) is 13.1 Å². The van der Waals surface area contributed by atoms with Crippen molar-refractivity contribution in [3.05, 3.63) is 57.5 Å². The van der Waals surface area contributed by atoms with E-state index in [1.165, 1.54) is 17.7 Å². The van der Waals surface area contributed by atoms with Gasteiger partial charge in [-0.2, -0.15) is 11.3 Å². The average Bonchev–Trinajstić information content (AvgIpc) is 2.92. The van der Waals surface area contributed by atoms with Crippen molar-refractivity contribution in [2.45, 2.75) is 13.1 Å². The van der Waals surface area contributed by atoms with Crippen LogP contribution in [0.5, 0.6) is 0 Å². The molecule has 20 heavy (non-hydrogen) atoms. The lowest BCUT2D eigenvalue weighted by atomic mass is 10.1. The largest absolute Gasteiger partial charge is 0.409 e. The minimum atomic E-state index is -0.407.